The fourth-order valence-electron chi connectivity index (χ4n) is 3.29. The molecule has 23 heavy (non-hydrogen) atoms. The van der Waals surface area contributed by atoms with Gasteiger partial charge in [-0.25, -0.2) is 4.79 Å². The molecule has 1 aliphatic heterocycles. The van der Waals surface area contributed by atoms with Crippen LogP contribution in [-0.4, -0.2) is 24.0 Å². The van der Waals surface area contributed by atoms with Gasteiger partial charge in [-0.1, -0.05) is 60.2 Å². The van der Waals surface area contributed by atoms with Crippen LogP contribution in [0.5, 0.6) is 0 Å². The highest BCUT2D eigenvalue weighted by Crippen LogP contribution is 2.32. The van der Waals surface area contributed by atoms with Gasteiger partial charge in [-0.3, -0.25) is 0 Å². The summed E-state index contributed by atoms with van der Waals surface area (Å²) in [7, 11) is 0. The standard InChI is InChI=1S/C20H24N2O/c1-16-7-5-10-18(15-16)19-11-6-14-22(19)20(23)21-13-12-17-8-3-2-4-9-17/h2-5,7-10,15,19H,6,11-14H2,1H3,(H,21,23)/t19-/m0/s1. The predicted octanol–water partition coefficient (Wildman–Crippen LogP) is 4.08. The van der Waals surface area contributed by atoms with Crippen molar-refractivity contribution in [2.45, 2.75) is 32.2 Å². The van der Waals surface area contributed by atoms with Crippen molar-refractivity contribution in [2.24, 2.45) is 0 Å². The normalized spacial score (nSPS) is 17.3. The maximum atomic E-state index is 12.5. The Kier molecular flexibility index (Phi) is 4.96. The number of likely N-dealkylation sites (tertiary alicyclic amines) is 1. The fraction of sp³-hybridized carbons (Fsp3) is 0.350. The summed E-state index contributed by atoms with van der Waals surface area (Å²) in [5, 5.41) is 3.07. The van der Waals surface area contributed by atoms with Crippen molar-refractivity contribution in [2.75, 3.05) is 13.1 Å². The molecule has 3 heteroatoms. The summed E-state index contributed by atoms with van der Waals surface area (Å²) in [5.74, 6) is 0. The Balaban J connectivity index is 1.58. The number of hydrogen-bond donors (Lipinski definition) is 1. The van der Waals surface area contributed by atoms with E-state index < -0.39 is 0 Å². The second kappa shape index (κ2) is 7.32. The minimum absolute atomic E-state index is 0.0601. The van der Waals surface area contributed by atoms with E-state index in [1.165, 1.54) is 16.7 Å². The van der Waals surface area contributed by atoms with Crippen LogP contribution < -0.4 is 5.32 Å². The molecule has 0 unspecified atom stereocenters. The van der Waals surface area contributed by atoms with Crippen LogP contribution in [0.2, 0.25) is 0 Å². The molecule has 2 aromatic rings. The molecule has 3 rings (SSSR count). The molecular formula is C20H24N2O. The Morgan fingerprint density at radius 2 is 2.00 bits per heavy atom. The number of urea groups is 1. The Bertz CT molecular complexity index is 654. The van der Waals surface area contributed by atoms with Crippen LogP contribution >= 0.6 is 0 Å². The van der Waals surface area contributed by atoms with Crippen molar-refractivity contribution in [3.8, 4) is 0 Å². The zero-order valence-electron chi connectivity index (χ0n) is 13.7. The van der Waals surface area contributed by atoms with Crippen LogP contribution in [0.4, 0.5) is 4.79 Å². The van der Waals surface area contributed by atoms with Gasteiger partial charge in [-0.2, -0.15) is 0 Å². The van der Waals surface area contributed by atoms with E-state index in [0.29, 0.717) is 6.54 Å². The van der Waals surface area contributed by atoms with Crippen LogP contribution in [0, 0.1) is 6.92 Å². The average molecular weight is 308 g/mol. The summed E-state index contributed by atoms with van der Waals surface area (Å²) in [4.78, 5) is 14.5. The van der Waals surface area contributed by atoms with Crippen molar-refractivity contribution in [1.29, 1.82) is 0 Å². The molecule has 1 fully saturated rings. The average Bonchev–Trinajstić information content (AvgIpc) is 3.05. The van der Waals surface area contributed by atoms with Gasteiger partial charge in [0, 0.05) is 13.1 Å². The number of carbonyl (C=O) groups is 1. The predicted molar refractivity (Wildman–Crippen MR) is 93.4 cm³/mol. The SMILES string of the molecule is Cc1cccc([C@@H]2CCCN2C(=O)NCCc2ccccc2)c1. The summed E-state index contributed by atoms with van der Waals surface area (Å²) in [6.45, 7) is 3.62. The van der Waals surface area contributed by atoms with Crippen molar-refractivity contribution < 1.29 is 4.79 Å². The second-order valence-electron chi connectivity index (χ2n) is 6.23. The topological polar surface area (TPSA) is 32.3 Å². The molecule has 1 saturated heterocycles. The lowest BCUT2D eigenvalue weighted by Crippen LogP contribution is -2.40. The highest BCUT2D eigenvalue weighted by Gasteiger charge is 2.29. The Morgan fingerprint density at radius 3 is 2.78 bits per heavy atom. The van der Waals surface area contributed by atoms with Gasteiger partial charge in [0.15, 0.2) is 0 Å². The number of rotatable bonds is 4. The molecule has 0 saturated carbocycles. The van der Waals surface area contributed by atoms with E-state index >= 15 is 0 Å². The smallest absolute Gasteiger partial charge is 0.317 e. The molecule has 1 aliphatic rings. The first-order chi connectivity index (χ1) is 11.2. The molecule has 1 atom stereocenters. The maximum absolute atomic E-state index is 12.5. The number of benzene rings is 2. The zero-order valence-corrected chi connectivity index (χ0v) is 13.7. The molecule has 0 radical (unpaired) electrons. The number of aryl methyl sites for hydroxylation is 1. The molecule has 0 bridgehead atoms. The molecule has 2 aromatic carbocycles. The van der Waals surface area contributed by atoms with Crippen molar-refractivity contribution in [3.05, 3.63) is 71.3 Å². The monoisotopic (exact) mass is 308 g/mol. The fourth-order valence-corrected chi connectivity index (χ4v) is 3.29. The quantitative estimate of drug-likeness (QED) is 0.906. The molecule has 1 heterocycles. The van der Waals surface area contributed by atoms with Crippen LogP contribution in [0.3, 0.4) is 0 Å². The lowest BCUT2D eigenvalue weighted by atomic mass is 10.0. The largest absolute Gasteiger partial charge is 0.338 e. The number of amides is 2. The van der Waals surface area contributed by atoms with Crippen molar-refractivity contribution in [1.82, 2.24) is 10.2 Å². The highest BCUT2D eigenvalue weighted by molar-refractivity contribution is 5.75. The molecular weight excluding hydrogens is 284 g/mol. The summed E-state index contributed by atoms with van der Waals surface area (Å²) >= 11 is 0. The van der Waals surface area contributed by atoms with Gasteiger partial charge in [-0.15, -0.1) is 0 Å². The van der Waals surface area contributed by atoms with E-state index in [-0.39, 0.29) is 12.1 Å². The minimum atomic E-state index is 0.0601. The second-order valence-corrected chi connectivity index (χ2v) is 6.23. The summed E-state index contributed by atoms with van der Waals surface area (Å²) < 4.78 is 0. The van der Waals surface area contributed by atoms with Gasteiger partial charge < -0.3 is 10.2 Å². The van der Waals surface area contributed by atoms with Crippen LogP contribution in [0.25, 0.3) is 0 Å². The van der Waals surface area contributed by atoms with Crippen molar-refractivity contribution in [3.63, 3.8) is 0 Å². The third-order valence-electron chi connectivity index (χ3n) is 4.47. The number of nitrogens with one attached hydrogen (secondary N) is 1. The number of hydrogen-bond acceptors (Lipinski definition) is 1. The summed E-state index contributed by atoms with van der Waals surface area (Å²) in [6.07, 6.45) is 3.00. The molecule has 0 aliphatic carbocycles. The highest BCUT2D eigenvalue weighted by atomic mass is 16.2. The zero-order chi connectivity index (χ0) is 16.1. The Labute approximate surface area is 138 Å². The summed E-state index contributed by atoms with van der Waals surface area (Å²) in [5.41, 5.74) is 3.75. The van der Waals surface area contributed by atoms with Crippen LogP contribution in [-0.2, 0) is 6.42 Å². The van der Waals surface area contributed by atoms with E-state index in [1.54, 1.807) is 0 Å². The van der Waals surface area contributed by atoms with E-state index in [1.807, 2.05) is 23.1 Å². The first-order valence-corrected chi connectivity index (χ1v) is 8.39. The van der Waals surface area contributed by atoms with Gasteiger partial charge in [-0.05, 0) is 37.3 Å². The molecule has 0 aromatic heterocycles. The molecule has 120 valence electrons. The summed E-state index contributed by atoms with van der Waals surface area (Å²) in [6, 6.07) is 19.0. The van der Waals surface area contributed by atoms with Gasteiger partial charge in [0.2, 0.25) is 0 Å². The van der Waals surface area contributed by atoms with Gasteiger partial charge >= 0.3 is 6.03 Å². The molecule has 2 amide bonds. The van der Waals surface area contributed by atoms with E-state index in [4.69, 9.17) is 0 Å². The van der Waals surface area contributed by atoms with E-state index in [9.17, 15) is 4.79 Å². The molecule has 1 N–H and O–H groups in total. The minimum Gasteiger partial charge on any atom is -0.338 e. The van der Waals surface area contributed by atoms with Gasteiger partial charge in [0.1, 0.15) is 0 Å². The van der Waals surface area contributed by atoms with Crippen molar-refractivity contribution >= 4 is 6.03 Å². The first-order valence-electron chi connectivity index (χ1n) is 8.39. The third-order valence-corrected chi connectivity index (χ3v) is 4.47. The molecule has 3 nitrogen and oxygen atoms in total. The lowest BCUT2D eigenvalue weighted by Gasteiger charge is -2.25. The van der Waals surface area contributed by atoms with E-state index in [0.717, 1.165) is 25.8 Å². The first kappa shape index (κ1) is 15.6. The number of carbonyl (C=O) groups excluding carboxylic acids is 1. The van der Waals surface area contributed by atoms with E-state index in [2.05, 4.69) is 48.6 Å². The van der Waals surface area contributed by atoms with Crippen LogP contribution in [0.1, 0.15) is 35.6 Å². The maximum Gasteiger partial charge on any atom is 0.317 e. The third kappa shape index (κ3) is 3.92. The number of nitrogens with zero attached hydrogens (tertiary/aromatic N) is 1. The van der Waals surface area contributed by atoms with Gasteiger partial charge in [0.05, 0.1) is 6.04 Å². The Hall–Kier alpha value is -2.29. The van der Waals surface area contributed by atoms with Gasteiger partial charge in [0.25, 0.3) is 0 Å². The molecule has 0 spiro atoms. The van der Waals surface area contributed by atoms with Crippen LogP contribution in [0.15, 0.2) is 54.6 Å². The Morgan fingerprint density at radius 1 is 1.17 bits per heavy atom. The lowest BCUT2D eigenvalue weighted by molar-refractivity contribution is 0.193.